The maximum atomic E-state index is 4.40. The van der Waals surface area contributed by atoms with Crippen molar-refractivity contribution < 1.29 is 0 Å². The summed E-state index contributed by atoms with van der Waals surface area (Å²) in [5, 5.41) is 16.7. The monoisotopic (exact) mass is 258 g/mol. The summed E-state index contributed by atoms with van der Waals surface area (Å²) < 4.78 is 4.09. The van der Waals surface area contributed by atoms with Gasteiger partial charge in [0.1, 0.15) is 5.82 Å². The average Bonchev–Trinajstić information content (AvgIpc) is 2.95. The molecule has 19 heavy (non-hydrogen) atoms. The van der Waals surface area contributed by atoms with Crippen molar-refractivity contribution in [2.24, 2.45) is 7.05 Å². The molecule has 2 aliphatic heterocycles. The van der Waals surface area contributed by atoms with E-state index in [2.05, 4.69) is 25.2 Å². The van der Waals surface area contributed by atoms with Gasteiger partial charge in [0.2, 0.25) is 0 Å². The van der Waals surface area contributed by atoms with Gasteiger partial charge in [-0.15, -0.1) is 10.2 Å². The van der Waals surface area contributed by atoms with E-state index in [9.17, 15) is 0 Å². The molecule has 2 unspecified atom stereocenters. The average molecular weight is 258 g/mol. The lowest BCUT2D eigenvalue weighted by molar-refractivity contribution is 0.315. The number of aryl methyl sites for hydroxylation is 1. The Bertz CT molecular complexity index is 598. The van der Waals surface area contributed by atoms with Gasteiger partial charge < -0.3 is 9.88 Å². The standard InChI is InChI=1S/C13H18N6/c1-18-7-9(6-14-18)13-17-16-12-5-10-3-2-4-11(15-10)8-19(12)13/h6-7,10-11,15H,2-5,8H2,1H3. The van der Waals surface area contributed by atoms with E-state index in [1.807, 2.05) is 24.1 Å². The third kappa shape index (κ3) is 1.87. The zero-order chi connectivity index (χ0) is 12.8. The maximum absolute atomic E-state index is 4.40. The van der Waals surface area contributed by atoms with Crippen LogP contribution in [0.25, 0.3) is 11.4 Å². The number of piperidine rings is 1. The zero-order valence-electron chi connectivity index (χ0n) is 11.1. The molecular weight excluding hydrogens is 240 g/mol. The smallest absolute Gasteiger partial charge is 0.167 e. The Morgan fingerprint density at radius 3 is 3.00 bits per heavy atom. The van der Waals surface area contributed by atoms with E-state index >= 15 is 0 Å². The largest absolute Gasteiger partial charge is 0.309 e. The second-order valence-electron chi connectivity index (χ2n) is 5.65. The van der Waals surface area contributed by atoms with Crippen molar-refractivity contribution in [3.63, 3.8) is 0 Å². The highest BCUT2D eigenvalue weighted by atomic mass is 15.3. The first-order valence-electron chi connectivity index (χ1n) is 6.97. The molecule has 0 aromatic carbocycles. The van der Waals surface area contributed by atoms with Crippen LogP contribution in [-0.4, -0.2) is 36.6 Å². The van der Waals surface area contributed by atoms with Crippen molar-refractivity contribution in [1.29, 1.82) is 0 Å². The van der Waals surface area contributed by atoms with Crippen molar-refractivity contribution in [1.82, 2.24) is 29.9 Å². The molecule has 6 nitrogen and oxygen atoms in total. The molecule has 2 aromatic rings. The molecule has 2 aromatic heterocycles. The predicted molar refractivity (Wildman–Crippen MR) is 70.5 cm³/mol. The molecule has 0 amide bonds. The second-order valence-corrected chi connectivity index (χ2v) is 5.65. The Labute approximate surface area is 111 Å². The molecule has 1 saturated heterocycles. The lowest BCUT2D eigenvalue weighted by atomic mass is 9.98. The molecule has 6 heteroatoms. The Morgan fingerprint density at radius 2 is 2.16 bits per heavy atom. The summed E-state index contributed by atoms with van der Waals surface area (Å²) >= 11 is 0. The molecule has 1 fully saturated rings. The van der Waals surface area contributed by atoms with Crippen molar-refractivity contribution in [2.45, 2.75) is 44.3 Å². The Hall–Kier alpha value is -1.69. The molecule has 2 bridgehead atoms. The molecule has 2 atom stereocenters. The van der Waals surface area contributed by atoms with E-state index in [0.29, 0.717) is 12.1 Å². The Morgan fingerprint density at radius 1 is 1.26 bits per heavy atom. The van der Waals surface area contributed by atoms with E-state index in [1.165, 1.54) is 19.3 Å². The van der Waals surface area contributed by atoms with Crippen LogP contribution in [-0.2, 0) is 20.0 Å². The number of nitrogens with zero attached hydrogens (tertiary/aromatic N) is 5. The van der Waals surface area contributed by atoms with Gasteiger partial charge in [0.15, 0.2) is 5.82 Å². The summed E-state index contributed by atoms with van der Waals surface area (Å²) in [5.41, 5.74) is 1.05. The first kappa shape index (κ1) is 11.2. The van der Waals surface area contributed by atoms with Crippen LogP contribution in [0.1, 0.15) is 25.1 Å². The van der Waals surface area contributed by atoms with Gasteiger partial charge in [-0.05, 0) is 12.8 Å². The van der Waals surface area contributed by atoms with Crippen molar-refractivity contribution >= 4 is 0 Å². The first-order valence-corrected chi connectivity index (χ1v) is 6.97. The van der Waals surface area contributed by atoms with Crippen LogP contribution >= 0.6 is 0 Å². The molecular formula is C13H18N6. The summed E-state index contributed by atoms with van der Waals surface area (Å²) in [6.07, 6.45) is 8.68. The second kappa shape index (κ2) is 4.16. The minimum absolute atomic E-state index is 0.562. The Kier molecular flexibility index (Phi) is 2.44. The number of aromatic nitrogens is 5. The number of rotatable bonds is 1. The normalized spacial score (nSPS) is 25.9. The molecule has 4 heterocycles. The van der Waals surface area contributed by atoms with E-state index < -0.39 is 0 Å². The van der Waals surface area contributed by atoms with Crippen molar-refractivity contribution in [2.75, 3.05) is 0 Å². The summed E-state index contributed by atoms with van der Waals surface area (Å²) in [5.74, 6) is 2.07. The summed E-state index contributed by atoms with van der Waals surface area (Å²) in [4.78, 5) is 0. The molecule has 4 rings (SSSR count). The summed E-state index contributed by atoms with van der Waals surface area (Å²) in [6.45, 7) is 0.975. The van der Waals surface area contributed by atoms with Gasteiger partial charge in [0, 0.05) is 38.3 Å². The van der Waals surface area contributed by atoms with Crippen LogP contribution in [0.3, 0.4) is 0 Å². The third-order valence-electron chi connectivity index (χ3n) is 4.20. The highest BCUT2D eigenvalue weighted by Gasteiger charge is 2.29. The number of fused-ring (bicyclic) bond motifs is 3. The Balaban J connectivity index is 1.76. The predicted octanol–water partition coefficient (Wildman–Crippen LogP) is 0.745. The fourth-order valence-corrected chi connectivity index (χ4v) is 3.28. The summed E-state index contributed by atoms with van der Waals surface area (Å²) in [6, 6.07) is 1.14. The van der Waals surface area contributed by atoms with E-state index in [-0.39, 0.29) is 0 Å². The van der Waals surface area contributed by atoms with Crippen LogP contribution < -0.4 is 5.32 Å². The highest BCUT2D eigenvalue weighted by molar-refractivity contribution is 5.52. The zero-order valence-corrected chi connectivity index (χ0v) is 11.1. The van der Waals surface area contributed by atoms with Crippen molar-refractivity contribution in [3.05, 3.63) is 18.2 Å². The third-order valence-corrected chi connectivity index (χ3v) is 4.20. The van der Waals surface area contributed by atoms with E-state index in [0.717, 1.165) is 30.2 Å². The van der Waals surface area contributed by atoms with Crippen LogP contribution in [0.4, 0.5) is 0 Å². The van der Waals surface area contributed by atoms with Crippen molar-refractivity contribution in [3.8, 4) is 11.4 Å². The number of hydrogen-bond acceptors (Lipinski definition) is 4. The van der Waals surface area contributed by atoms with Gasteiger partial charge in [0.05, 0.1) is 11.8 Å². The van der Waals surface area contributed by atoms with Crippen LogP contribution in [0.5, 0.6) is 0 Å². The molecule has 100 valence electrons. The lowest BCUT2D eigenvalue weighted by Gasteiger charge is -2.27. The molecule has 0 saturated carbocycles. The first-order chi connectivity index (χ1) is 9.29. The molecule has 1 N–H and O–H groups in total. The fraction of sp³-hybridized carbons (Fsp3) is 0.615. The van der Waals surface area contributed by atoms with E-state index in [1.54, 1.807) is 0 Å². The SMILES string of the molecule is Cn1cc(-c2nnc3n2CC2CCCC(C3)N2)cn1. The summed E-state index contributed by atoms with van der Waals surface area (Å²) in [7, 11) is 1.93. The van der Waals surface area contributed by atoms with E-state index in [4.69, 9.17) is 0 Å². The van der Waals surface area contributed by atoms with Gasteiger partial charge in [-0.25, -0.2) is 0 Å². The van der Waals surface area contributed by atoms with Gasteiger partial charge >= 0.3 is 0 Å². The lowest BCUT2D eigenvalue weighted by Crippen LogP contribution is -2.43. The van der Waals surface area contributed by atoms with Gasteiger partial charge in [0.25, 0.3) is 0 Å². The molecule has 0 aliphatic carbocycles. The van der Waals surface area contributed by atoms with Crippen LogP contribution in [0.2, 0.25) is 0 Å². The van der Waals surface area contributed by atoms with Crippen LogP contribution in [0, 0.1) is 0 Å². The number of nitrogens with one attached hydrogen (secondary N) is 1. The highest BCUT2D eigenvalue weighted by Crippen LogP contribution is 2.25. The topological polar surface area (TPSA) is 60.6 Å². The quantitative estimate of drug-likeness (QED) is 0.820. The molecule has 0 spiro atoms. The fourth-order valence-electron chi connectivity index (χ4n) is 3.28. The number of hydrogen-bond donors (Lipinski definition) is 1. The van der Waals surface area contributed by atoms with Gasteiger partial charge in [-0.2, -0.15) is 5.10 Å². The van der Waals surface area contributed by atoms with Gasteiger partial charge in [-0.1, -0.05) is 6.42 Å². The molecule has 2 aliphatic rings. The van der Waals surface area contributed by atoms with Gasteiger partial charge in [-0.3, -0.25) is 4.68 Å². The van der Waals surface area contributed by atoms with Crippen LogP contribution in [0.15, 0.2) is 12.4 Å². The maximum Gasteiger partial charge on any atom is 0.167 e. The minimum Gasteiger partial charge on any atom is -0.309 e. The minimum atomic E-state index is 0.562. The molecule has 0 radical (unpaired) electrons.